The van der Waals surface area contributed by atoms with Crippen LogP contribution in [0.25, 0.3) is 33.3 Å². The Hall–Kier alpha value is -2.71. The van der Waals surface area contributed by atoms with Crippen LogP contribution >= 0.6 is 0 Å². The van der Waals surface area contributed by atoms with Gasteiger partial charge in [0.2, 0.25) is 0 Å². The minimum atomic E-state index is -1.42. The van der Waals surface area contributed by atoms with Gasteiger partial charge in [0.25, 0.3) is 0 Å². The van der Waals surface area contributed by atoms with Crippen LogP contribution in [0.1, 0.15) is 37.5 Å². The SMILES string of the molecule is Cc1cc(-c2cc(-c3ccccc3)c3cc([Si](C)(C)C)ccc3n2)cc(C)c1C(C)(C)C. The molecule has 4 aromatic rings. The Morgan fingerprint density at radius 2 is 1.34 bits per heavy atom. The van der Waals surface area contributed by atoms with Crippen LogP contribution in [-0.2, 0) is 5.41 Å². The first-order valence-corrected chi connectivity index (χ1v) is 15.1. The van der Waals surface area contributed by atoms with Gasteiger partial charge in [0.15, 0.2) is 0 Å². The summed E-state index contributed by atoms with van der Waals surface area (Å²) in [5.74, 6) is 0. The van der Waals surface area contributed by atoms with Crippen LogP contribution in [0.3, 0.4) is 0 Å². The summed E-state index contributed by atoms with van der Waals surface area (Å²) in [4.78, 5) is 5.14. The molecule has 0 aliphatic carbocycles. The molecule has 0 amide bonds. The van der Waals surface area contributed by atoms with E-state index in [0.717, 1.165) is 11.2 Å². The zero-order valence-corrected chi connectivity index (χ0v) is 21.8. The van der Waals surface area contributed by atoms with Crippen molar-refractivity contribution in [1.29, 1.82) is 0 Å². The molecule has 0 unspecified atom stereocenters. The number of rotatable bonds is 3. The fourth-order valence-electron chi connectivity index (χ4n) is 4.99. The van der Waals surface area contributed by atoms with Crippen molar-refractivity contribution in [3.63, 3.8) is 0 Å². The Bertz CT molecular complexity index is 1270. The standard InChI is InChI=1S/C30H35NSi/c1-20-16-23(17-21(2)29(20)30(3,4)5)28-19-25(22-12-10-9-11-13-22)26-18-24(32(6,7)8)14-15-27(26)31-28/h9-19H,1-8H3. The van der Waals surface area contributed by atoms with Crippen molar-refractivity contribution in [2.24, 2.45) is 0 Å². The minimum Gasteiger partial charge on any atom is -0.248 e. The molecule has 0 spiro atoms. The number of hydrogen-bond acceptors (Lipinski definition) is 1. The van der Waals surface area contributed by atoms with Crippen molar-refractivity contribution in [2.75, 3.05) is 0 Å². The molecule has 0 N–H and O–H groups in total. The first-order valence-electron chi connectivity index (χ1n) is 11.6. The van der Waals surface area contributed by atoms with Crippen molar-refractivity contribution in [3.8, 4) is 22.4 Å². The highest BCUT2D eigenvalue weighted by molar-refractivity contribution is 6.88. The van der Waals surface area contributed by atoms with Crippen LogP contribution in [0, 0.1) is 13.8 Å². The van der Waals surface area contributed by atoms with E-state index in [-0.39, 0.29) is 5.41 Å². The second kappa shape index (κ2) is 8.01. The highest BCUT2D eigenvalue weighted by atomic mass is 28.3. The first-order chi connectivity index (χ1) is 14.9. The molecular weight excluding hydrogens is 402 g/mol. The van der Waals surface area contributed by atoms with E-state index in [2.05, 4.69) is 121 Å². The van der Waals surface area contributed by atoms with Gasteiger partial charge in [0.05, 0.1) is 19.3 Å². The van der Waals surface area contributed by atoms with Gasteiger partial charge in [-0.3, -0.25) is 0 Å². The van der Waals surface area contributed by atoms with E-state index in [1.54, 1.807) is 0 Å². The van der Waals surface area contributed by atoms with Crippen molar-refractivity contribution in [3.05, 3.63) is 83.4 Å². The number of nitrogens with zero attached hydrogens (tertiary/aromatic N) is 1. The number of pyridine rings is 1. The molecule has 3 aromatic carbocycles. The monoisotopic (exact) mass is 437 g/mol. The highest BCUT2D eigenvalue weighted by Crippen LogP contribution is 2.35. The number of aryl methyl sites for hydroxylation is 2. The van der Waals surface area contributed by atoms with Crippen molar-refractivity contribution < 1.29 is 0 Å². The van der Waals surface area contributed by atoms with Gasteiger partial charge in [0.1, 0.15) is 0 Å². The summed E-state index contributed by atoms with van der Waals surface area (Å²) < 4.78 is 0. The number of fused-ring (bicyclic) bond motifs is 1. The topological polar surface area (TPSA) is 12.9 Å². The highest BCUT2D eigenvalue weighted by Gasteiger charge is 2.21. The van der Waals surface area contributed by atoms with Crippen LogP contribution in [-0.4, -0.2) is 13.1 Å². The van der Waals surface area contributed by atoms with E-state index in [1.165, 1.54) is 44.0 Å². The third-order valence-corrected chi connectivity index (χ3v) is 8.38. The fraction of sp³-hybridized carbons (Fsp3) is 0.300. The Morgan fingerprint density at radius 3 is 1.91 bits per heavy atom. The largest absolute Gasteiger partial charge is 0.248 e. The Labute approximate surface area is 194 Å². The third kappa shape index (κ3) is 4.29. The molecular formula is C30H35NSi. The van der Waals surface area contributed by atoms with Gasteiger partial charge in [0, 0.05) is 10.9 Å². The maximum atomic E-state index is 5.14. The zero-order chi connectivity index (χ0) is 23.3. The maximum Gasteiger partial charge on any atom is 0.0776 e. The van der Waals surface area contributed by atoms with Crippen LogP contribution < -0.4 is 5.19 Å². The molecule has 1 aromatic heterocycles. The maximum absolute atomic E-state index is 5.14. The predicted octanol–water partition coefficient (Wildman–Crippen LogP) is 8.03. The molecule has 0 atom stereocenters. The first kappa shape index (κ1) is 22.5. The second-order valence-corrected chi connectivity index (χ2v) is 16.2. The Morgan fingerprint density at radius 1 is 0.719 bits per heavy atom. The average Bonchev–Trinajstić information content (AvgIpc) is 2.71. The normalized spacial score (nSPS) is 12.4. The van der Waals surface area contributed by atoms with E-state index >= 15 is 0 Å². The summed E-state index contributed by atoms with van der Waals surface area (Å²) in [5.41, 5.74) is 10.1. The number of aromatic nitrogens is 1. The molecule has 0 aliphatic heterocycles. The molecule has 2 heteroatoms. The van der Waals surface area contributed by atoms with Crippen molar-refractivity contribution in [1.82, 2.24) is 4.98 Å². The lowest BCUT2D eigenvalue weighted by atomic mass is 9.80. The quantitative estimate of drug-likeness (QED) is 0.296. The van der Waals surface area contributed by atoms with Crippen molar-refractivity contribution >= 4 is 24.2 Å². The lowest BCUT2D eigenvalue weighted by Crippen LogP contribution is -2.37. The Kier molecular flexibility index (Phi) is 5.62. The third-order valence-electron chi connectivity index (χ3n) is 6.34. The predicted molar refractivity (Wildman–Crippen MR) is 144 cm³/mol. The van der Waals surface area contributed by atoms with E-state index in [0.29, 0.717) is 0 Å². The summed E-state index contributed by atoms with van der Waals surface area (Å²) >= 11 is 0. The van der Waals surface area contributed by atoms with Gasteiger partial charge in [-0.2, -0.15) is 0 Å². The number of benzene rings is 3. The van der Waals surface area contributed by atoms with E-state index in [1.807, 2.05) is 0 Å². The van der Waals surface area contributed by atoms with Gasteiger partial charge in [-0.15, -0.1) is 0 Å². The molecule has 32 heavy (non-hydrogen) atoms. The van der Waals surface area contributed by atoms with Gasteiger partial charge in [-0.1, -0.05) is 88.1 Å². The molecule has 0 saturated heterocycles. The van der Waals surface area contributed by atoms with Crippen molar-refractivity contribution in [2.45, 2.75) is 59.7 Å². The van der Waals surface area contributed by atoms with Crippen LogP contribution in [0.5, 0.6) is 0 Å². The molecule has 1 heterocycles. The van der Waals surface area contributed by atoms with Gasteiger partial charge in [-0.05, 0) is 71.3 Å². The van der Waals surface area contributed by atoms with E-state index in [9.17, 15) is 0 Å². The minimum absolute atomic E-state index is 0.131. The molecule has 0 radical (unpaired) electrons. The van der Waals surface area contributed by atoms with Gasteiger partial charge < -0.3 is 0 Å². The smallest absolute Gasteiger partial charge is 0.0776 e. The summed E-state index contributed by atoms with van der Waals surface area (Å²) in [6, 6.07) is 24.6. The van der Waals surface area contributed by atoms with Gasteiger partial charge >= 0.3 is 0 Å². The molecule has 4 rings (SSSR count). The Balaban J connectivity index is 1.99. The summed E-state index contributed by atoms with van der Waals surface area (Å²) in [6.45, 7) is 18.5. The van der Waals surface area contributed by atoms with Gasteiger partial charge in [-0.25, -0.2) is 4.98 Å². The fourth-order valence-corrected chi connectivity index (χ4v) is 6.15. The molecule has 164 valence electrons. The van der Waals surface area contributed by atoms with Crippen LogP contribution in [0.15, 0.2) is 66.7 Å². The van der Waals surface area contributed by atoms with E-state index < -0.39 is 8.07 Å². The van der Waals surface area contributed by atoms with Crippen LogP contribution in [0.2, 0.25) is 19.6 Å². The lowest BCUT2D eigenvalue weighted by molar-refractivity contribution is 0.582. The molecule has 0 bridgehead atoms. The molecule has 0 fully saturated rings. The summed E-state index contributed by atoms with van der Waals surface area (Å²) in [6.07, 6.45) is 0. The summed E-state index contributed by atoms with van der Waals surface area (Å²) in [7, 11) is -1.42. The molecule has 0 saturated carbocycles. The average molecular weight is 438 g/mol. The number of hydrogen-bond donors (Lipinski definition) is 0. The lowest BCUT2D eigenvalue weighted by Gasteiger charge is -2.25. The second-order valence-electron chi connectivity index (χ2n) is 11.1. The van der Waals surface area contributed by atoms with Crippen LogP contribution in [0.4, 0.5) is 0 Å². The zero-order valence-electron chi connectivity index (χ0n) is 20.8. The molecule has 1 nitrogen and oxygen atoms in total. The van der Waals surface area contributed by atoms with E-state index in [4.69, 9.17) is 4.98 Å². The molecule has 0 aliphatic rings. The summed E-state index contributed by atoms with van der Waals surface area (Å²) in [5, 5.41) is 2.72.